The summed E-state index contributed by atoms with van der Waals surface area (Å²) in [5, 5.41) is 4.61. The summed E-state index contributed by atoms with van der Waals surface area (Å²) in [7, 11) is 0. The fraction of sp³-hybridized carbons (Fsp3) is 0. The van der Waals surface area contributed by atoms with E-state index in [1.54, 1.807) is 18.2 Å². The van der Waals surface area contributed by atoms with Gasteiger partial charge in [-0.1, -0.05) is 42.5 Å². The molecule has 1 aromatic heterocycles. The van der Waals surface area contributed by atoms with Crippen molar-refractivity contribution in [1.82, 2.24) is 21.2 Å². The molecule has 0 atom stereocenters. The lowest BCUT2D eigenvalue weighted by atomic mass is 10.0. The number of carbonyl (C=O) groups is 2. The highest BCUT2D eigenvalue weighted by Gasteiger charge is 2.06. The van der Waals surface area contributed by atoms with Gasteiger partial charge in [0.05, 0.1) is 0 Å². The van der Waals surface area contributed by atoms with Gasteiger partial charge in [0.1, 0.15) is 0 Å². The first-order valence-corrected chi connectivity index (χ1v) is 8.51. The van der Waals surface area contributed by atoms with Crippen LogP contribution in [0.1, 0.15) is 15.9 Å². The zero-order chi connectivity index (χ0) is 19.1. The van der Waals surface area contributed by atoms with Gasteiger partial charge in [-0.3, -0.25) is 30.7 Å². The number of nitrogens with zero attached hydrogens (tertiary/aromatic N) is 1. The second-order valence-electron chi connectivity index (χ2n) is 5.54. The maximum atomic E-state index is 12.0. The van der Waals surface area contributed by atoms with E-state index in [4.69, 9.17) is 12.2 Å². The van der Waals surface area contributed by atoms with Gasteiger partial charge >= 0.3 is 0 Å². The second kappa shape index (κ2) is 8.68. The van der Waals surface area contributed by atoms with Crippen LogP contribution in [0.5, 0.6) is 0 Å². The van der Waals surface area contributed by atoms with Crippen molar-refractivity contribution in [2.45, 2.75) is 0 Å². The molecule has 3 rings (SSSR count). The molecule has 0 unspecified atom stereocenters. The molecular formula is C20H16N4O2S. The van der Waals surface area contributed by atoms with Crippen LogP contribution in [-0.2, 0) is 4.79 Å². The van der Waals surface area contributed by atoms with E-state index in [1.807, 2.05) is 42.5 Å². The van der Waals surface area contributed by atoms with E-state index in [0.717, 1.165) is 16.3 Å². The van der Waals surface area contributed by atoms with Gasteiger partial charge in [-0.05, 0) is 46.8 Å². The van der Waals surface area contributed by atoms with Crippen molar-refractivity contribution in [3.8, 4) is 0 Å². The van der Waals surface area contributed by atoms with Crippen LogP contribution in [0.2, 0.25) is 0 Å². The fourth-order valence-corrected chi connectivity index (χ4v) is 2.59. The van der Waals surface area contributed by atoms with Crippen LogP contribution in [0, 0.1) is 0 Å². The highest BCUT2D eigenvalue weighted by atomic mass is 32.1. The number of hydrazine groups is 1. The van der Waals surface area contributed by atoms with Crippen LogP contribution in [0.4, 0.5) is 0 Å². The third-order valence-corrected chi connectivity index (χ3v) is 3.91. The summed E-state index contributed by atoms with van der Waals surface area (Å²) >= 11 is 5.00. The standard InChI is InChI=1S/C20H16N4O2S/c25-18(9-8-15-6-3-5-14-4-1-2-7-17(14)15)22-20(27)24-23-19(26)16-10-12-21-13-11-16/h1-13H,(H,23,26)(H2,22,24,25,27)/b9-8+. The Hall–Kier alpha value is -3.58. The molecule has 2 aromatic carbocycles. The van der Waals surface area contributed by atoms with Gasteiger partial charge in [-0.15, -0.1) is 0 Å². The average Bonchev–Trinajstić information content (AvgIpc) is 2.71. The molecule has 1 heterocycles. The maximum absolute atomic E-state index is 12.0. The molecule has 0 saturated heterocycles. The van der Waals surface area contributed by atoms with Gasteiger partial charge in [-0.2, -0.15) is 0 Å². The fourth-order valence-electron chi connectivity index (χ4n) is 2.44. The van der Waals surface area contributed by atoms with E-state index >= 15 is 0 Å². The van der Waals surface area contributed by atoms with Crippen molar-refractivity contribution in [2.75, 3.05) is 0 Å². The Labute approximate surface area is 161 Å². The molecular weight excluding hydrogens is 360 g/mol. The third kappa shape index (κ3) is 4.96. The molecule has 0 bridgehead atoms. The van der Waals surface area contributed by atoms with Crippen LogP contribution in [0.15, 0.2) is 73.1 Å². The van der Waals surface area contributed by atoms with E-state index < -0.39 is 5.91 Å². The summed E-state index contributed by atoms with van der Waals surface area (Å²) in [4.78, 5) is 27.7. The van der Waals surface area contributed by atoms with Crippen molar-refractivity contribution < 1.29 is 9.59 Å². The lowest BCUT2D eigenvalue weighted by molar-refractivity contribution is -0.115. The Morgan fingerprint density at radius 3 is 2.48 bits per heavy atom. The SMILES string of the molecule is O=C(/C=C/c1cccc2ccccc12)NC(=S)NNC(=O)c1ccncc1. The highest BCUT2D eigenvalue weighted by molar-refractivity contribution is 7.80. The molecule has 0 aliphatic carbocycles. The maximum Gasteiger partial charge on any atom is 0.269 e. The lowest BCUT2D eigenvalue weighted by Crippen LogP contribution is -2.48. The number of amides is 2. The number of nitrogens with one attached hydrogen (secondary N) is 3. The minimum absolute atomic E-state index is 0.00928. The van der Waals surface area contributed by atoms with E-state index in [9.17, 15) is 9.59 Å². The molecule has 134 valence electrons. The van der Waals surface area contributed by atoms with Gasteiger partial charge in [0, 0.05) is 24.0 Å². The minimum Gasteiger partial charge on any atom is -0.298 e. The van der Waals surface area contributed by atoms with Crippen molar-refractivity contribution in [3.63, 3.8) is 0 Å². The largest absolute Gasteiger partial charge is 0.298 e. The number of hydrogen-bond acceptors (Lipinski definition) is 4. The van der Waals surface area contributed by atoms with E-state index in [2.05, 4.69) is 21.2 Å². The van der Waals surface area contributed by atoms with E-state index in [0.29, 0.717) is 5.56 Å². The molecule has 0 saturated carbocycles. The van der Waals surface area contributed by atoms with Crippen molar-refractivity contribution >= 4 is 46.0 Å². The van der Waals surface area contributed by atoms with Crippen LogP contribution < -0.4 is 16.2 Å². The first kappa shape index (κ1) is 18.2. The second-order valence-corrected chi connectivity index (χ2v) is 5.94. The molecule has 0 fully saturated rings. The van der Waals surface area contributed by atoms with Crippen molar-refractivity contribution in [1.29, 1.82) is 0 Å². The first-order chi connectivity index (χ1) is 13.1. The normalized spacial score (nSPS) is 10.5. The van der Waals surface area contributed by atoms with Crippen LogP contribution >= 0.6 is 12.2 Å². The van der Waals surface area contributed by atoms with Gasteiger partial charge in [-0.25, -0.2) is 0 Å². The van der Waals surface area contributed by atoms with Crippen LogP contribution in [-0.4, -0.2) is 21.9 Å². The number of aromatic nitrogens is 1. The Morgan fingerprint density at radius 1 is 0.926 bits per heavy atom. The first-order valence-electron chi connectivity index (χ1n) is 8.10. The summed E-state index contributed by atoms with van der Waals surface area (Å²) in [5.41, 5.74) is 6.23. The summed E-state index contributed by atoms with van der Waals surface area (Å²) in [6.45, 7) is 0. The molecule has 0 spiro atoms. The third-order valence-electron chi connectivity index (χ3n) is 3.71. The van der Waals surface area contributed by atoms with Crippen molar-refractivity contribution in [2.24, 2.45) is 0 Å². The minimum atomic E-state index is -0.404. The number of rotatable bonds is 3. The Balaban J connectivity index is 1.55. The molecule has 3 aromatic rings. The average molecular weight is 376 g/mol. The van der Waals surface area contributed by atoms with Gasteiger partial charge in [0.2, 0.25) is 5.91 Å². The number of benzene rings is 2. The predicted molar refractivity (Wildman–Crippen MR) is 109 cm³/mol. The van der Waals surface area contributed by atoms with Crippen LogP contribution in [0.25, 0.3) is 16.8 Å². The molecule has 2 amide bonds. The lowest BCUT2D eigenvalue weighted by Gasteiger charge is -2.09. The van der Waals surface area contributed by atoms with Gasteiger partial charge < -0.3 is 0 Å². The van der Waals surface area contributed by atoms with Crippen molar-refractivity contribution in [3.05, 3.63) is 84.2 Å². The van der Waals surface area contributed by atoms with Gasteiger partial charge in [0.15, 0.2) is 5.11 Å². The smallest absolute Gasteiger partial charge is 0.269 e. The Kier molecular flexibility index (Phi) is 5.86. The molecule has 0 aliphatic rings. The molecule has 6 nitrogen and oxygen atoms in total. The van der Waals surface area contributed by atoms with E-state index in [-0.39, 0.29) is 11.0 Å². The van der Waals surface area contributed by atoms with E-state index in [1.165, 1.54) is 18.5 Å². The zero-order valence-corrected chi connectivity index (χ0v) is 15.0. The highest BCUT2D eigenvalue weighted by Crippen LogP contribution is 2.19. The molecule has 0 aliphatic heterocycles. The number of fused-ring (bicyclic) bond motifs is 1. The topological polar surface area (TPSA) is 83.1 Å². The molecule has 0 radical (unpaired) electrons. The Bertz CT molecular complexity index is 1010. The number of thiocarbonyl (C=S) groups is 1. The van der Waals surface area contributed by atoms with Crippen LogP contribution in [0.3, 0.4) is 0 Å². The summed E-state index contributed by atoms with van der Waals surface area (Å²) < 4.78 is 0. The zero-order valence-electron chi connectivity index (χ0n) is 14.2. The number of pyridine rings is 1. The number of hydrogen-bond donors (Lipinski definition) is 3. The summed E-state index contributed by atoms with van der Waals surface area (Å²) in [6.07, 6.45) is 6.12. The molecule has 3 N–H and O–H groups in total. The molecule has 27 heavy (non-hydrogen) atoms. The quantitative estimate of drug-likeness (QED) is 0.372. The van der Waals surface area contributed by atoms with Gasteiger partial charge in [0.25, 0.3) is 5.91 Å². The molecule has 7 heteroatoms. The summed E-state index contributed by atoms with van der Waals surface area (Å²) in [5.74, 6) is -0.793. The number of carbonyl (C=O) groups excluding carboxylic acids is 2. The predicted octanol–water partition coefficient (Wildman–Crippen LogP) is 2.58. The Morgan fingerprint density at radius 2 is 1.67 bits per heavy atom. The monoisotopic (exact) mass is 376 g/mol. The summed E-state index contributed by atoms with van der Waals surface area (Å²) in [6, 6.07) is 16.9.